The second-order valence-corrected chi connectivity index (χ2v) is 5.94. The van der Waals surface area contributed by atoms with E-state index in [4.69, 9.17) is 5.73 Å². The lowest BCUT2D eigenvalue weighted by molar-refractivity contribution is 0.402. The lowest BCUT2D eigenvalue weighted by atomic mass is 9.85. The molecule has 3 rings (SSSR count). The highest BCUT2D eigenvalue weighted by atomic mass is 32.2. The van der Waals surface area contributed by atoms with Gasteiger partial charge in [-0.2, -0.15) is 11.8 Å². The van der Waals surface area contributed by atoms with Crippen molar-refractivity contribution in [2.24, 2.45) is 5.73 Å². The molecule has 0 bridgehead atoms. The van der Waals surface area contributed by atoms with Gasteiger partial charge in [0.2, 0.25) is 0 Å². The first-order valence-electron chi connectivity index (χ1n) is 6.06. The maximum atomic E-state index is 6.01. The molecule has 0 aromatic carbocycles. The fourth-order valence-electron chi connectivity index (χ4n) is 2.96. The summed E-state index contributed by atoms with van der Waals surface area (Å²) in [5.41, 5.74) is 6.14. The quantitative estimate of drug-likeness (QED) is 0.843. The van der Waals surface area contributed by atoms with Crippen LogP contribution >= 0.6 is 11.8 Å². The maximum absolute atomic E-state index is 6.01. The van der Waals surface area contributed by atoms with E-state index in [1.54, 1.807) is 0 Å². The summed E-state index contributed by atoms with van der Waals surface area (Å²) in [6.07, 6.45) is 4.95. The van der Waals surface area contributed by atoms with Crippen molar-refractivity contribution in [2.45, 2.75) is 43.4 Å². The summed E-state index contributed by atoms with van der Waals surface area (Å²) in [4.78, 5) is 0. The minimum atomic E-state index is 0.132. The molecule has 0 unspecified atom stereocenters. The van der Waals surface area contributed by atoms with Crippen LogP contribution in [0, 0.1) is 0 Å². The van der Waals surface area contributed by atoms with Gasteiger partial charge in [-0.05, 0) is 12.8 Å². The summed E-state index contributed by atoms with van der Waals surface area (Å²) in [7, 11) is 0. The highest BCUT2D eigenvalue weighted by Crippen LogP contribution is 2.40. The highest BCUT2D eigenvalue weighted by Gasteiger charge is 2.39. The standard InChI is InChI=1S/C11H18N4S/c12-8-11(3-1-2-4-11)10-14-13-9-7-16-6-5-15(9)10/h1-8,12H2. The molecular formula is C11H18N4S. The molecule has 16 heavy (non-hydrogen) atoms. The van der Waals surface area contributed by atoms with E-state index in [1.165, 1.54) is 37.3 Å². The molecule has 2 aliphatic rings. The van der Waals surface area contributed by atoms with Gasteiger partial charge in [0.15, 0.2) is 0 Å². The Morgan fingerprint density at radius 2 is 2.12 bits per heavy atom. The zero-order valence-corrected chi connectivity index (χ0v) is 10.3. The first kappa shape index (κ1) is 10.6. The van der Waals surface area contributed by atoms with Crippen LogP contribution in [0.3, 0.4) is 0 Å². The number of hydrogen-bond acceptors (Lipinski definition) is 4. The van der Waals surface area contributed by atoms with Crippen molar-refractivity contribution in [2.75, 3.05) is 12.3 Å². The van der Waals surface area contributed by atoms with Crippen molar-refractivity contribution < 1.29 is 0 Å². The third-order valence-electron chi connectivity index (χ3n) is 3.94. The number of nitrogens with zero attached hydrogens (tertiary/aromatic N) is 3. The van der Waals surface area contributed by atoms with E-state index in [9.17, 15) is 0 Å². The normalized spacial score (nSPS) is 23.3. The van der Waals surface area contributed by atoms with Gasteiger partial charge in [0, 0.05) is 24.3 Å². The lowest BCUT2D eigenvalue weighted by Crippen LogP contribution is -2.36. The first-order chi connectivity index (χ1) is 7.86. The van der Waals surface area contributed by atoms with Gasteiger partial charge in [-0.3, -0.25) is 0 Å². The smallest absolute Gasteiger partial charge is 0.143 e. The molecule has 2 heterocycles. The molecule has 0 atom stereocenters. The van der Waals surface area contributed by atoms with Crippen LogP contribution in [0.2, 0.25) is 0 Å². The molecule has 1 aliphatic heterocycles. The van der Waals surface area contributed by atoms with E-state index in [0.29, 0.717) is 0 Å². The van der Waals surface area contributed by atoms with Crippen LogP contribution in [-0.4, -0.2) is 27.1 Å². The minimum Gasteiger partial charge on any atom is -0.329 e. The van der Waals surface area contributed by atoms with E-state index in [0.717, 1.165) is 24.7 Å². The Bertz CT molecular complexity index is 381. The van der Waals surface area contributed by atoms with Gasteiger partial charge in [-0.15, -0.1) is 10.2 Å². The summed E-state index contributed by atoms with van der Waals surface area (Å²) >= 11 is 1.95. The van der Waals surface area contributed by atoms with Gasteiger partial charge in [0.25, 0.3) is 0 Å². The van der Waals surface area contributed by atoms with E-state index in [2.05, 4.69) is 14.8 Å². The molecule has 2 N–H and O–H groups in total. The summed E-state index contributed by atoms with van der Waals surface area (Å²) in [5.74, 6) is 4.50. The van der Waals surface area contributed by atoms with Crippen LogP contribution in [0.1, 0.15) is 37.3 Å². The average Bonchev–Trinajstić information content (AvgIpc) is 2.96. The Kier molecular flexibility index (Phi) is 2.67. The molecule has 1 aromatic heterocycles. The predicted molar refractivity (Wildman–Crippen MR) is 65.4 cm³/mol. The molecular weight excluding hydrogens is 220 g/mol. The molecule has 4 nitrogen and oxygen atoms in total. The third kappa shape index (κ3) is 1.49. The van der Waals surface area contributed by atoms with Crippen molar-refractivity contribution in [3.05, 3.63) is 11.6 Å². The van der Waals surface area contributed by atoms with E-state index in [1.807, 2.05) is 11.8 Å². The van der Waals surface area contributed by atoms with Crippen LogP contribution < -0.4 is 5.73 Å². The van der Waals surface area contributed by atoms with Crippen molar-refractivity contribution in [1.29, 1.82) is 0 Å². The molecule has 5 heteroatoms. The maximum Gasteiger partial charge on any atom is 0.143 e. The van der Waals surface area contributed by atoms with Gasteiger partial charge < -0.3 is 10.3 Å². The number of rotatable bonds is 2. The zero-order chi connectivity index (χ0) is 11.0. The highest BCUT2D eigenvalue weighted by molar-refractivity contribution is 7.98. The molecule has 1 aliphatic carbocycles. The fraction of sp³-hybridized carbons (Fsp3) is 0.818. The third-order valence-corrected chi connectivity index (χ3v) is 4.88. The summed E-state index contributed by atoms with van der Waals surface area (Å²) < 4.78 is 2.33. The molecule has 1 saturated carbocycles. The Morgan fingerprint density at radius 1 is 1.31 bits per heavy atom. The summed E-state index contributed by atoms with van der Waals surface area (Å²) in [5, 5.41) is 8.77. The molecule has 0 radical (unpaired) electrons. The van der Waals surface area contributed by atoms with Crippen molar-refractivity contribution in [3.8, 4) is 0 Å². The van der Waals surface area contributed by atoms with Crippen LogP contribution in [0.25, 0.3) is 0 Å². The molecule has 88 valence electrons. The number of aromatic nitrogens is 3. The van der Waals surface area contributed by atoms with Crippen molar-refractivity contribution in [1.82, 2.24) is 14.8 Å². The fourth-order valence-corrected chi connectivity index (χ4v) is 3.81. The zero-order valence-electron chi connectivity index (χ0n) is 9.48. The predicted octanol–water partition coefficient (Wildman–Crippen LogP) is 1.30. The Hall–Kier alpha value is -0.550. The second-order valence-electron chi connectivity index (χ2n) is 4.84. The topological polar surface area (TPSA) is 56.7 Å². The van der Waals surface area contributed by atoms with E-state index < -0.39 is 0 Å². The molecule has 1 aromatic rings. The summed E-state index contributed by atoms with van der Waals surface area (Å²) in [6, 6.07) is 0. The number of thioether (sulfide) groups is 1. The minimum absolute atomic E-state index is 0.132. The Balaban J connectivity index is 2.01. The van der Waals surface area contributed by atoms with Gasteiger partial charge in [-0.25, -0.2) is 0 Å². The van der Waals surface area contributed by atoms with Gasteiger partial charge in [-0.1, -0.05) is 12.8 Å². The number of nitrogens with two attached hydrogens (primary N) is 1. The van der Waals surface area contributed by atoms with Crippen LogP contribution in [0.4, 0.5) is 0 Å². The first-order valence-corrected chi connectivity index (χ1v) is 7.22. The van der Waals surface area contributed by atoms with E-state index >= 15 is 0 Å². The van der Waals surface area contributed by atoms with Gasteiger partial charge in [0.05, 0.1) is 5.75 Å². The Morgan fingerprint density at radius 3 is 2.88 bits per heavy atom. The molecule has 0 amide bonds. The number of hydrogen-bond donors (Lipinski definition) is 1. The van der Waals surface area contributed by atoms with E-state index in [-0.39, 0.29) is 5.41 Å². The average molecular weight is 238 g/mol. The monoisotopic (exact) mass is 238 g/mol. The van der Waals surface area contributed by atoms with Gasteiger partial charge >= 0.3 is 0 Å². The summed E-state index contributed by atoms with van der Waals surface area (Å²) in [6.45, 7) is 1.78. The van der Waals surface area contributed by atoms with Crippen molar-refractivity contribution >= 4 is 11.8 Å². The van der Waals surface area contributed by atoms with Crippen LogP contribution in [0.15, 0.2) is 0 Å². The van der Waals surface area contributed by atoms with Crippen LogP contribution in [0.5, 0.6) is 0 Å². The molecule has 0 spiro atoms. The van der Waals surface area contributed by atoms with Gasteiger partial charge in [0.1, 0.15) is 11.6 Å². The lowest BCUT2D eigenvalue weighted by Gasteiger charge is -2.28. The SMILES string of the molecule is NCC1(c2nnc3n2CCSC3)CCCC1. The number of fused-ring (bicyclic) bond motifs is 1. The molecule has 0 saturated heterocycles. The van der Waals surface area contributed by atoms with Crippen molar-refractivity contribution in [3.63, 3.8) is 0 Å². The largest absolute Gasteiger partial charge is 0.329 e. The second kappa shape index (κ2) is 4.04. The molecule has 1 fully saturated rings. The Labute approximate surface area is 100.0 Å². The van der Waals surface area contributed by atoms with Crippen LogP contribution in [-0.2, 0) is 17.7 Å².